The maximum Gasteiger partial charge on any atom is 0.353 e. The highest BCUT2D eigenvalue weighted by atomic mass is 35.5. The van der Waals surface area contributed by atoms with E-state index in [0.29, 0.717) is 22.3 Å². The minimum absolute atomic E-state index is 0.000219. The Morgan fingerprint density at radius 2 is 1.83 bits per heavy atom. The number of benzene rings is 1. The van der Waals surface area contributed by atoms with Crippen molar-refractivity contribution in [2.24, 2.45) is 0 Å². The molecule has 0 spiro atoms. The van der Waals surface area contributed by atoms with Gasteiger partial charge in [-0.2, -0.15) is 0 Å². The van der Waals surface area contributed by atoms with Crippen LogP contribution in [0.4, 0.5) is 28.8 Å². The largest absolute Gasteiger partial charge is 0.360 e. The zero-order valence-electron chi connectivity index (χ0n) is 12.4. The Morgan fingerprint density at radius 3 is 2.42 bits per heavy atom. The van der Waals surface area contributed by atoms with E-state index in [1.807, 2.05) is 0 Å². The van der Waals surface area contributed by atoms with E-state index in [2.05, 4.69) is 25.8 Å². The van der Waals surface area contributed by atoms with Crippen LogP contribution in [-0.4, -0.2) is 20.0 Å². The second-order valence-corrected chi connectivity index (χ2v) is 5.19. The van der Waals surface area contributed by atoms with Crippen molar-refractivity contribution in [2.75, 3.05) is 10.6 Å². The van der Waals surface area contributed by atoms with Gasteiger partial charge in [-0.05, 0) is 31.2 Å². The van der Waals surface area contributed by atoms with Crippen LogP contribution in [0.1, 0.15) is 5.76 Å². The number of halogens is 1. The number of aryl methyl sites for hydroxylation is 1. The molecule has 9 nitrogen and oxygen atoms in total. The van der Waals surface area contributed by atoms with E-state index < -0.39 is 4.92 Å². The number of rotatable bonds is 5. The Labute approximate surface area is 140 Å². The fraction of sp³-hybridized carbons (Fsp3) is 0.0714. The molecular weight excluding hydrogens is 336 g/mol. The summed E-state index contributed by atoms with van der Waals surface area (Å²) in [4.78, 5) is 18.7. The van der Waals surface area contributed by atoms with Gasteiger partial charge in [-0.1, -0.05) is 16.8 Å². The van der Waals surface area contributed by atoms with E-state index >= 15 is 0 Å². The lowest BCUT2D eigenvalue weighted by Gasteiger charge is -2.08. The van der Waals surface area contributed by atoms with E-state index in [9.17, 15) is 10.1 Å². The lowest BCUT2D eigenvalue weighted by atomic mass is 10.3. The maximum atomic E-state index is 11.5. The van der Waals surface area contributed by atoms with Gasteiger partial charge in [0.1, 0.15) is 12.1 Å². The van der Waals surface area contributed by atoms with E-state index in [1.165, 1.54) is 6.33 Å². The van der Waals surface area contributed by atoms with Gasteiger partial charge in [-0.25, -0.2) is 9.97 Å². The molecule has 0 aliphatic carbocycles. The van der Waals surface area contributed by atoms with Crippen molar-refractivity contribution in [1.29, 1.82) is 0 Å². The molecule has 24 heavy (non-hydrogen) atoms. The smallest absolute Gasteiger partial charge is 0.353 e. The average Bonchev–Trinajstić information content (AvgIpc) is 2.94. The van der Waals surface area contributed by atoms with Gasteiger partial charge in [-0.3, -0.25) is 10.1 Å². The zero-order chi connectivity index (χ0) is 17.1. The summed E-state index contributed by atoms with van der Waals surface area (Å²) in [7, 11) is 0. The van der Waals surface area contributed by atoms with Gasteiger partial charge in [0.2, 0.25) is 11.6 Å². The standard InChI is InChI=1S/C14H11ClN6O3/c1-8-6-11(20-24-8)19-14-12(21(22)23)13(16-7-17-14)18-10-4-2-9(15)3-5-10/h2-7H,1H3,(H2,16,17,18,19,20). The van der Waals surface area contributed by atoms with Crippen LogP contribution in [0.15, 0.2) is 41.2 Å². The Balaban J connectivity index is 1.95. The monoisotopic (exact) mass is 346 g/mol. The molecule has 0 fully saturated rings. The first kappa shape index (κ1) is 15.7. The molecule has 0 atom stereocenters. The molecule has 2 aromatic heterocycles. The molecule has 3 rings (SSSR count). The van der Waals surface area contributed by atoms with Crippen molar-refractivity contribution >= 4 is 40.4 Å². The molecule has 2 heterocycles. The lowest BCUT2D eigenvalue weighted by molar-refractivity contribution is -0.383. The van der Waals surface area contributed by atoms with Crippen molar-refractivity contribution < 1.29 is 9.45 Å². The highest BCUT2D eigenvalue weighted by Gasteiger charge is 2.24. The van der Waals surface area contributed by atoms with E-state index in [-0.39, 0.29) is 17.3 Å². The third-order valence-electron chi connectivity index (χ3n) is 2.99. The molecule has 0 aliphatic heterocycles. The molecule has 0 radical (unpaired) electrons. The van der Waals surface area contributed by atoms with Crippen LogP contribution < -0.4 is 10.6 Å². The Bertz CT molecular complexity index is 880. The molecule has 1 aromatic carbocycles. The van der Waals surface area contributed by atoms with Crippen molar-refractivity contribution in [3.8, 4) is 0 Å². The van der Waals surface area contributed by atoms with Gasteiger partial charge in [-0.15, -0.1) is 0 Å². The zero-order valence-corrected chi connectivity index (χ0v) is 13.1. The van der Waals surface area contributed by atoms with Crippen LogP contribution in [0.2, 0.25) is 5.02 Å². The molecule has 0 unspecified atom stereocenters. The summed E-state index contributed by atoms with van der Waals surface area (Å²) < 4.78 is 4.92. The normalized spacial score (nSPS) is 10.4. The van der Waals surface area contributed by atoms with Gasteiger partial charge < -0.3 is 15.2 Å². The first-order valence-corrected chi connectivity index (χ1v) is 7.13. The Hall–Kier alpha value is -3.20. The van der Waals surface area contributed by atoms with Crippen molar-refractivity contribution in [1.82, 2.24) is 15.1 Å². The van der Waals surface area contributed by atoms with Crippen molar-refractivity contribution in [2.45, 2.75) is 6.92 Å². The maximum absolute atomic E-state index is 11.5. The fourth-order valence-corrected chi connectivity index (χ4v) is 2.08. The first-order chi connectivity index (χ1) is 11.5. The summed E-state index contributed by atoms with van der Waals surface area (Å²) in [6, 6.07) is 8.28. The first-order valence-electron chi connectivity index (χ1n) is 6.75. The Kier molecular flexibility index (Phi) is 4.25. The predicted octanol–water partition coefficient (Wildman–Crippen LogP) is 3.82. The molecular formula is C14H11ClN6O3. The number of aromatic nitrogens is 3. The summed E-state index contributed by atoms with van der Waals surface area (Å²) in [6.07, 6.45) is 1.21. The van der Waals surface area contributed by atoms with E-state index in [0.717, 1.165) is 0 Å². The van der Waals surface area contributed by atoms with Crippen LogP contribution >= 0.6 is 11.6 Å². The average molecular weight is 347 g/mol. The minimum Gasteiger partial charge on any atom is -0.360 e. The van der Waals surface area contributed by atoms with Crippen LogP contribution in [-0.2, 0) is 0 Å². The number of hydrogen-bond donors (Lipinski definition) is 2. The van der Waals surface area contributed by atoms with Gasteiger partial charge >= 0.3 is 5.69 Å². The minimum atomic E-state index is -0.576. The molecule has 10 heteroatoms. The summed E-state index contributed by atoms with van der Waals surface area (Å²) in [5.74, 6) is 0.917. The molecule has 0 saturated heterocycles. The highest BCUT2D eigenvalue weighted by Crippen LogP contribution is 2.32. The molecule has 2 N–H and O–H groups in total. The summed E-state index contributed by atoms with van der Waals surface area (Å²) in [6.45, 7) is 1.71. The van der Waals surface area contributed by atoms with E-state index in [4.69, 9.17) is 16.1 Å². The number of hydrogen-bond acceptors (Lipinski definition) is 8. The third-order valence-corrected chi connectivity index (χ3v) is 3.24. The van der Waals surface area contributed by atoms with Crippen molar-refractivity contribution in [3.63, 3.8) is 0 Å². The van der Waals surface area contributed by atoms with Gasteiger partial charge in [0.05, 0.1) is 4.92 Å². The molecule has 122 valence electrons. The fourth-order valence-electron chi connectivity index (χ4n) is 1.95. The lowest BCUT2D eigenvalue weighted by Crippen LogP contribution is -2.05. The third kappa shape index (κ3) is 3.41. The highest BCUT2D eigenvalue weighted by molar-refractivity contribution is 6.30. The Morgan fingerprint density at radius 1 is 1.17 bits per heavy atom. The van der Waals surface area contributed by atoms with Crippen LogP contribution in [0.3, 0.4) is 0 Å². The van der Waals surface area contributed by atoms with Gasteiger partial charge in [0.25, 0.3) is 0 Å². The second kappa shape index (κ2) is 6.50. The number of anilines is 4. The molecule has 0 aliphatic rings. The molecule has 3 aromatic rings. The van der Waals surface area contributed by atoms with E-state index in [1.54, 1.807) is 37.3 Å². The molecule has 0 bridgehead atoms. The molecule has 0 amide bonds. The number of nitro groups is 1. The van der Waals surface area contributed by atoms with Crippen LogP contribution in [0, 0.1) is 17.0 Å². The summed E-state index contributed by atoms with van der Waals surface area (Å²) in [5.41, 5.74) is 0.289. The predicted molar refractivity (Wildman–Crippen MR) is 87.9 cm³/mol. The molecule has 0 saturated carbocycles. The van der Waals surface area contributed by atoms with Crippen LogP contribution in [0.25, 0.3) is 0 Å². The summed E-state index contributed by atoms with van der Waals surface area (Å²) >= 11 is 5.83. The quantitative estimate of drug-likeness (QED) is 0.528. The van der Waals surface area contributed by atoms with Gasteiger partial charge in [0, 0.05) is 16.8 Å². The second-order valence-electron chi connectivity index (χ2n) is 4.76. The SMILES string of the molecule is Cc1cc(Nc2ncnc(Nc3ccc(Cl)cc3)c2[N+](=O)[O-])no1. The number of nitrogens with one attached hydrogen (secondary N) is 2. The van der Waals surface area contributed by atoms with Crippen LogP contribution in [0.5, 0.6) is 0 Å². The summed E-state index contributed by atoms with van der Waals surface area (Å²) in [5, 5.41) is 21.4. The topological polar surface area (TPSA) is 119 Å². The van der Waals surface area contributed by atoms with Gasteiger partial charge in [0.15, 0.2) is 5.82 Å². The van der Waals surface area contributed by atoms with Crippen molar-refractivity contribution in [3.05, 3.63) is 57.6 Å². The number of nitrogens with zero attached hydrogens (tertiary/aromatic N) is 4.